The number of ether oxygens (including phenoxy) is 1. The van der Waals surface area contributed by atoms with E-state index in [1.165, 1.54) is 30.8 Å². The number of nitrogens with zero attached hydrogens (tertiary/aromatic N) is 4. The van der Waals surface area contributed by atoms with Crippen LogP contribution in [0.1, 0.15) is 22.6 Å². The third kappa shape index (κ3) is 4.65. The molecule has 1 aromatic carbocycles. The van der Waals surface area contributed by atoms with Crippen molar-refractivity contribution in [3.63, 3.8) is 0 Å². The molecule has 0 atom stereocenters. The average Bonchev–Trinajstić information content (AvgIpc) is 3.06. The van der Waals surface area contributed by atoms with E-state index in [-0.39, 0.29) is 17.9 Å². The van der Waals surface area contributed by atoms with E-state index in [0.29, 0.717) is 21.3 Å². The van der Waals surface area contributed by atoms with Gasteiger partial charge in [-0.3, -0.25) is 13.9 Å². The topological polar surface area (TPSA) is 99.0 Å². The summed E-state index contributed by atoms with van der Waals surface area (Å²) in [5, 5.41) is 10.3. The fourth-order valence-electron chi connectivity index (χ4n) is 3.40. The van der Waals surface area contributed by atoms with Gasteiger partial charge in [0.2, 0.25) is 0 Å². The van der Waals surface area contributed by atoms with Crippen molar-refractivity contribution in [3.8, 4) is 11.8 Å². The fraction of sp³-hybridized carbons (Fsp3) is 0.217. The zero-order valence-electron chi connectivity index (χ0n) is 18.3. The first-order valence-electron chi connectivity index (χ1n) is 9.75. The zero-order chi connectivity index (χ0) is 24.4. The second kappa shape index (κ2) is 9.53. The number of carbonyl (C=O) groups excluding carboxylic acids is 1. The molecule has 0 bridgehead atoms. The van der Waals surface area contributed by atoms with Crippen molar-refractivity contribution in [3.05, 3.63) is 89.4 Å². The van der Waals surface area contributed by atoms with Gasteiger partial charge in [-0.05, 0) is 43.7 Å². The molecule has 3 aromatic rings. The summed E-state index contributed by atoms with van der Waals surface area (Å²) in [6.45, 7) is 3.35. The second-order valence-electron chi connectivity index (χ2n) is 7.36. The highest BCUT2D eigenvalue weighted by atomic mass is 35.5. The van der Waals surface area contributed by atoms with Crippen molar-refractivity contribution in [2.24, 2.45) is 14.1 Å². The van der Waals surface area contributed by atoms with Gasteiger partial charge < -0.3 is 9.30 Å². The Labute approximate surface area is 199 Å². The van der Waals surface area contributed by atoms with Crippen LogP contribution in [-0.4, -0.2) is 19.7 Å². The first-order chi connectivity index (χ1) is 15.6. The molecule has 0 N–H and O–H groups in total. The number of aryl methyl sites for hydroxylation is 1. The molecule has 3 rings (SSSR count). The van der Waals surface area contributed by atoms with Gasteiger partial charge in [0.15, 0.2) is 0 Å². The van der Waals surface area contributed by atoms with Crippen LogP contribution in [0.25, 0.3) is 11.8 Å². The highest BCUT2D eigenvalue weighted by Gasteiger charge is 2.17. The van der Waals surface area contributed by atoms with Gasteiger partial charge in [0.05, 0.1) is 21.4 Å². The molecule has 10 heteroatoms. The van der Waals surface area contributed by atoms with E-state index >= 15 is 0 Å². The summed E-state index contributed by atoms with van der Waals surface area (Å²) in [4.78, 5) is 36.4. The predicted molar refractivity (Wildman–Crippen MR) is 126 cm³/mol. The Balaban J connectivity index is 1.91. The van der Waals surface area contributed by atoms with E-state index in [1.54, 1.807) is 12.1 Å². The van der Waals surface area contributed by atoms with E-state index in [4.69, 9.17) is 27.9 Å². The van der Waals surface area contributed by atoms with Gasteiger partial charge in [0.1, 0.15) is 18.2 Å². The number of carbonyl (C=O) groups is 1. The SMILES string of the molecule is Cc1cc(/C=C(\C#N)C(=O)OCc2cc(=O)n(C)c(=O)n2C)c(C)n1-c1cccc(Cl)c1Cl. The monoisotopic (exact) mass is 486 g/mol. The molecule has 170 valence electrons. The predicted octanol–water partition coefficient (Wildman–Crippen LogP) is 3.45. The first kappa shape index (κ1) is 24.1. The Bertz CT molecular complexity index is 1450. The van der Waals surface area contributed by atoms with Crippen molar-refractivity contribution in [2.45, 2.75) is 20.5 Å². The lowest BCUT2D eigenvalue weighted by molar-refractivity contribution is -0.139. The number of esters is 1. The third-order valence-corrected chi connectivity index (χ3v) is 6.07. The van der Waals surface area contributed by atoms with Crippen LogP contribution in [0.2, 0.25) is 10.0 Å². The molecule has 0 saturated carbocycles. The average molecular weight is 487 g/mol. The quantitative estimate of drug-likeness (QED) is 0.312. The van der Waals surface area contributed by atoms with Crippen molar-refractivity contribution in [2.75, 3.05) is 0 Å². The van der Waals surface area contributed by atoms with Crippen molar-refractivity contribution < 1.29 is 9.53 Å². The number of rotatable bonds is 5. The molecular formula is C23H20Cl2N4O4. The van der Waals surface area contributed by atoms with Crippen LogP contribution in [0.4, 0.5) is 0 Å². The lowest BCUT2D eigenvalue weighted by atomic mass is 10.1. The Kier molecular flexibility index (Phi) is 6.96. The Morgan fingerprint density at radius 1 is 1.15 bits per heavy atom. The summed E-state index contributed by atoms with van der Waals surface area (Å²) in [7, 11) is 2.81. The summed E-state index contributed by atoms with van der Waals surface area (Å²) in [6, 6.07) is 10.1. The van der Waals surface area contributed by atoms with E-state index in [9.17, 15) is 19.6 Å². The third-order valence-electron chi connectivity index (χ3n) is 5.26. The maximum absolute atomic E-state index is 12.5. The Morgan fingerprint density at radius 3 is 2.52 bits per heavy atom. The summed E-state index contributed by atoms with van der Waals surface area (Å²) in [5.41, 5.74) is 1.77. The lowest BCUT2D eigenvalue weighted by Gasteiger charge is -2.12. The zero-order valence-corrected chi connectivity index (χ0v) is 19.9. The van der Waals surface area contributed by atoms with E-state index in [1.807, 2.05) is 36.6 Å². The number of halogens is 2. The van der Waals surface area contributed by atoms with Gasteiger partial charge in [0.25, 0.3) is 5.56 Å². The standard InChI is InChI=1S/C23H20Cl2N4O4/c1-13-8-15(14(2)29(13)19-7-5-6-18(24)21(19)25)9-16(11-26)22(31)33-12-17-10-20(30)28(4)23(32)27(17)3/h5-10H,12H2,1-4H3/b16-9+. The molecule has 0 spiro atoms. The number of hydrogen-bond donors (Lipinski definition) is 0. The van der Waals surface area contributed by atoms with Gasteiger partial charge in [-0.25, -0.2) is 9.59 Å². The van der Waals surface area contributed by atoms with Crippen molar-refractivity contribution in [1.29, 1.82) is 5.26 Å². The summed E-state index contributed by atoms with van der Waals surface area (Å²) in [5.74, 6) is -0.879. The van der Waals surface area contributed by atoms with Gasteiger partial charge >= 0.3 is 11.7 Å². The summed E-state index contributed by atoms with van der Waals surface area (Å²) < 4.78 is 9.21. The normalized spacial score (nSPS) is 11.4. The molecule has 0 aliphatic heterocycles. The maximum Gasteiger partial charge on any atom is 0.349 e. The second-order valence-corrected chi connectivity index (χ2v) is 8.14. The first-order valence-corrected chi connectivity index (χ1v) is 10.5. The molecule has 0 aliphatic carbocycles. The lowest BCUT2D eigenvalue weighted by Crippen LogP contribution is -2.38. The van der Waals surface area contributed by atoms with Crippen LogP contribution < -0.4 is 11.2 Å². The van der Waals surface area contributed by atoms with E-state index in [2.05, 4.69) is 0 Å². The molecule has 2 aromatic heterocycles. The molecule has 0 fully saturated rings. The summed E-state index contributed by atoms with van der Waals surface area (Å²) >= 11 is 12.5. The highest BCUT2D eigenvalue weighted by molar-refractivity contribution is 6.43. The molecule has 0 unspecified atom stereocenters. The van der Waals surface area contributed by atoms with Crippen LogP contribution in [0.5, 0.6) is 0 Å². The minimum atomic E-state index is -0.879. The molecule has 0 amide bonds. The number of hydrogen-bond acceptors (Lipinski definition) is 5. The van der Waals surface area contributed by atoms with E-state index in [0.717, 1.165) is 16.0 Å². The highest BCUT2D eigenvalue weighted by Crippen LogP contribution is 2.32. The van der Waals surface area contributed by atoms with Crippen LogP contribution in [0.15, 0.2) is 45.5 Å². The molecule has 33 heavy (non-hydrogen) atoms. The fourth-order valence-corrected chi connectivity index (χ4v) is 3.78. The van der Waals surface area contributed by atoms with Crippen molar-refractivity contribution >= 4 is 35.2 Å². The molecule has 0 saturated heterocycles. The van der Waals surface area contributed by atoms with Gasteiger partial charge in [-0.15, -0.1) is 0 Å². The maximum atomic E-state index is 12.5. The molecular weight excluding hydrogens is 467 g/mol. The number of aromatic nitrogens is 3. The largest absolute Gasteiger partial charge is 0.455 e. The molecule has 0 radical (unpaired) electrons. The van der Waals surface area contributed by atoms with Gasteiger partial charge in [-0.1, -0.05) is 29.3 Å². The minimum Gasteiger partial charge on any atom is -0.455 e. The van der Waals surface area contributed by atoms with Crippen molar-refractivity contribution in [1.82, 2.24) is 13.7 Å². The minimum absolute atomic E-state index is 0.211. The summed E-state index contributed by atoms with van der Waals surface area (Å²) in [6.07, 6.45) is 1.42. The molecule has 8 nitrogen and oxygen atoms in total. The van der Waals surface area contributed by atoms with Gasteiger partial charge in [-0.2, -0.15) is 5.26 Å². The number of nitriles is 1. The van der Waals surface area contributed by atoms with Gasteiger partial charge in [0, 0.05) is 31.5 Å². The molecule has 2 heterocycles. The van der Waals surface area contributed by atoms with E-state index < -0.39 is 17.2 Å². The van der Waals surface area contributed by atoms with Crippen LogP contribution in [0, 0.1) is 25.2 Å². The Hall–Kier alpha value is -3.54. The molecule has 0 aliphatic rings. The van der Waals surface area contributed by atoms with Crippen LogP contribution in [-0.2, 0) is 30.2 Å². The van der Waals surface area contributed by atoms with Crippen LogP contribution >= 0.6 is 23.2 Å². The van der Waals surface area contributed by atoms with Crippen LogP contribution in [0.3, 0.4) is 0 Å². The Morgan fingerprint density at radius 2 is 1.85 bits per heavy atom. The smallest absolute Gasteiger partial charge is 0.349 e. The number of benzene rings is 1.